The van der Waals surface area contributed by atoms with Crippen LogP contribution in [0.25, 0.3) is 0 Å². The molecule has 1 N–H and O–H groups in total. The third kappa shape index (κ3) is 7.13. The van der Waals surface area contributed by atoms with Gasteiger partial charge in [0.25, 0.3) is 0 Å². The summed E-state index contributed by atoms with van der Waals surface area (Å²) in [7, 11) is 0. The Kier molecular flexibility index (Phi) is 9.76. The number of oxazole rings is 1. The maximum Gasteiger partial charge on any atom is 0.249 e. The Bertz CT molecular complexity index is 1270. The number of aliphatic imine (C=N–C) groups is 2. The summed E-state index contributed by atoms with van der Waals surface area (Å²) in [5, 5.41) is 3.06. The van der Waals surface area contributed by atoms with Crippen LogP contribution in [-0.4, -0.2) is 33.8 Å². The predicted octanol–water partition coefficient (Wildman–Crippen LogP) is 6.07. The van der Waals surface area contributed by atoms with Gasteiger partial charge in [-0.05, 0) is 55.7 Å². The summed E-state index contributed by atoms with van der Waals surface area (Å²) in [6.45, 7) is 9.29. The molecule has 1 aliphatic heterocycles. The van der Waals surface area contributed by atoms with Crippen LogP contribution in [0.2, 0.25) is 0 Å². The summed E-state index contributed by atoms with van der Waals surface area (Å²) in [6.07, 6.45) is 17.7. The van der Waals surface area contributed by atoms with Gasteiger partial charge in [-0.15, -0.1) is 0 Å². The second kappa shape index (κ2) is 13.6. The van der Waals surface area contributed by atoms with E-state index in [4.69, 9.17) is 9.41 Å². The number of nitrogens with zero attached hydrogens (tertiary/aromatic N) is 4. The van der Waals surface area contributed by atoms with E-state index < -0.39 is 0 Å². The lowest BCUT2D eigenvalue weighted by molar-refractivity contribution is -0.117. The van der Waals surface area contributed by atoms with Crippen molar-refractivity contribution in [3.8, 4) is 0 Å². The van der Waals surface area contributed by atoms with Crippen LogP contribution in [0.4, 0.5) is 0 Å². The standard InChI is InChI=1S/C31H37N5O2/c1-4-15-33-23(3)28(5-2)31(37)35-18-24-10-8-11-25(17-24)20-36(21-27-19-32-22-38-27)29-14-9-13-26-12-6-7-16-34-30(26)29/h4,7-8,10-12,15-17,19,22,29H,1,5-6,9,13-14,18,20-21H2,2-3H3,(H,35,37)/b28-23+,33-15?. The lowest BCUT2D eigenvalue weighted by atomic mass is 9.86. The quantitative estimate of drug-likeness (QED) is 0.293. The minimum Gasteiger partial charge on any atom is -0.447 e. The van der Waals surface area contributed by atoms with Crippen LogP contribution in [0.1, 0.15) is 62.8 Å². The predicted molar refractivity (Wildman–Crippen MR) is 153 cm³/mol. The van der Waals surface area contributed by atoms with E-state index in [-0.39, 0.29) is 11.9 Å². The van der Waals surface area contributed by atoms with Crippen molar-refractivity contribution >= 4 is 17.8 Å². The van der Waals surface area contributed by atoms with Gasteiger partial charge in [0.1, 0.15) is 5.76 Å². The van der Waals surface area contributed by atoms with E-state index in [0.717, 1.165) is 43.6 Å². The number of amides is 1. The molecule has 4 rings (SSSR count). The smallest absolute Gasteiger partial charge is 0.249 e. The number of hydrogen-bond donors (Lipinski definition) is 1. The Hall–Kier alpha value is -3.84. The normalized spacial score (nSPS) is 17.9. The lowest BCUT2D eigenvalue weighted by Gasteiger charge is -2.36. The Morgan fingerprint density at radius 2 is 2.18 bits per heavy atom. The number of aromatic nitrogens is 1. The van der Waals surface area contributed by atoms with Crippen molar-refractivity contribution in [2.45, 2.75) is 71.6 Å². The molecule has 1 saturated carbocycles. The molecule has 0 radical (unpaired) electrons. The lowest BCUT2D eigenvalue weighted by Crippen LogP contribution is -2.43. The van der Waals surface area contributed by atoms with Crippen LogP contribution in [-0.2, 0) is 24.4 Å². The van der Waals surface area contributed by atoms with Crippen molar-refractivity contribution in [1.82, 2.24) is 15.2 Å². The fourth-order valence-electron chi connectivity index (χ4n) is 5.08. The molecule has 1 aromatic heterocycles. The minimum absolute atomic E-state index is 0.0930. The summed E-state index contributed by atoms with van der Waals surface area (Å²) < 4.78 is 5.63. The van der Waals surface area contributed by atoms with Gasteiger partial charge in [-0.1, -0.05) is 56.0 Å². The van der Waals surface area contributed by atoms with E-state index in [2.05, 4.69) is 57.1 Å². The number of allylic oxidation sites excluding steroid dienone is 4. The summed E-state index contributed by atoms with van der Waals surface area (Å²) >= 11 is 0. The van der Waals surface area contributed by atoms with Crippen LogP contribution in [0.5, 0.6) is 0 Å². The summed E-state index contributed by atoms with van der Waals surface area (Å²) in [4.78, 5) is 28.5. The molecule has 0 bridgehead atoms. The number of benzene rings is 1. The average molecular weight is 512 g/mol. The van der Waals surface area contributed by atoms with Crippen molar-refractivity contribution in [2.24, 2.45) is 9.98 Å². The molecule has 1 atom stereocenters. The van der Waals surface area contributed by atoms with E-state index in [1.165, 1.54) is 23.2 Å². The van der Waals surface area contributed by atoms with Gasteiger partial charge >= 0.3 is 0 Å². The zero-order valence-corrected chi connectivity index (χ0v) is 22.4. The fourth-order valence-corrected chi connectivity index (χ4v) is 5.08. The van der Waals surface area contributed by atoms with E-state index in [0.29, 0.717) is 30.8 Å². The van der Waals surface area contributed by atoms with Crippen molar-refractivity contribution in [3.05, 3.63) is 102 Å². The fraction of sp³-hybridized carbons (Fsp3) is 0.355. The zero-order valence-electron chi connectivity index (χ0n) is 22.4. The van der Waals surface area contributed by atoms with Gasteiger partial charge in [0.15, 0.2) is 6.39 Å². The highest BCUT2D eigenvalue weighted by Crippen LogP contribution is 2.29. The Morgan fingerprint density at radius 1 is 1.32 bits per heavy atom. The van der Waals surface area contributed by atoms with E-state index >= 15 is 0 Å². The molecular weight excluding hydrogens is 474 g/mol. The number of fused-ring (bicyclic) bond motifs is 1. The number of carbonyl (C=O) groups is 1. The van der Waals surface area contributed by atoms with Crippen molar-refractivity contribution in [2.75, 3.05) is 0 Å². The molecular formula is C31H37N5O2. The Labute approximate surface area is 225 Å². The van der Waals surface area contributed by atoms with Crippen molar-refractivity contribution in [1.29, 1.82) is 0 Å². The van der Waals surface area contributed by atoms with Gasteiger partial charge in [-0.2, -0.15) is 0 Å². The molecule has 2 aliphatic rings. The highest BCUT2D eigenvalue weighted by atomic mass is 16.3. The highest BCUT2D eigenvalue weighted by Gasteiger charge is 2.30. The Balaban J connectivity index is 1.51. The van der Waals surface area contributed by atoms with Gasteiger partial charge in [0.2, 0.25) is 5.91 Å². The first kappa shape index (κ1) is 27.2. The summed E-state index contributed by atoms with van der Waals surface area (Å²) in [6, 6.07) is 8.60. The van der Waals surface area contributed by atoms with Crippen molar-refractivity contribution in [3.63, 3.8) is 0 Å². The topological polar surface area (TPSA) is 83.1 Å². The number of hydrogen-bond acceptors (Lipinski definition) is 6. The summed E-state index contributed by atoms with van der Waals surface area (Å²) in [5.74, 6) is 0.743. The molecule has 0 saturated heterocycles. The molecule has 7 nitrogen and oxygen atoms in total. The average Bonchev–Trinajstić information content (AvgIpc) is 3.32. The zero-order chi connectivity index (χ0) is 26.7. The molecule has 1 aliphatic carbocycles. The molecule has 2 aromatic rings. The molecule has 2 heterocycles. The van der Waals surface area contributed by atoms with E-state index in [1.54, 1.807) is 18.5 Å². The van der Waals surface area contributed by atoms with E-state index in [1.807, 2.05) is 26.1 Å². The first-order valence-electron chi connectivity index (χ1n) is 13.3. The molecule has 1 amide bonds. The largest absolute Gasteiger partial charge is 0.447 e. The third-order valence-electron chi connectivity index (χ3n) is 6.94. The van der Waals surface area contributed by atoms with Crippen LogP contribution in [0.15, 0.2) is 99.1 Å². The van der Waals surface area contributed by atoms with Gasteiger partial charge in [0.05, 0.1) is 24.5 Å². The van der Waals surface area contributed by atoms with Gasteiger partial charge in [-0.3, -0.25) is 19.7 Å². The molecule has 7 heteroatoms. The molecule has 1 aromatic carbocycles. The van der Waals surface area contributed by atoms with Gasteiger partial charge in [-0.25, -0.2) is 4.98 Å². The van der Waals surface area contributed by atoms with Gasteiger partial charge in [0, 0.05) is 36.8 Å². The maximum absolute atomic E-state index is 12.8. The Morgan fingerprint density at radius 3 is 2.97 bits per heavy atom. The van der Waals surface area contributed by atoms with E-state index in [9.17, 15) is 4.79 Å². The molecule has 1 unspecified atom stereocenters. The third-order valence-corrected chi connectivity index (χ3v) is 6.94. The molecule has 38 heavy (non-hydrogen) atoms. The van der Waals surface area contributed by atoms with Crippen LogP contribution in [0.3, 0.4) is 0 Å². The second-order valence-electron chi connectivity index (χ2n) is 9.58. The SMILES string of the molecule is C=CC=N/C(C)=C(\CC)C(=O)NCc1cccc(CN(Cc2cnco2)C2CCCC3=CCC=CN=C32)c1. The van der Waals surface area contributed by atoms with Crippen LogP contribution in [0, 0.1) is 0 Å². The van der Waals surface area contributed by atoms with Gasteiger partial charge < -0.3 is 9.73 Å². The molecule has 0 spiro atoms. The monoisotopic (exact) mass is 511 g/mol. The minimum atomic E-state index is -0.0930. The molecule has 198 valence electrons. The maximum atomic E-state index is 12.8. The van der Waals surface area contributed by atoms with Crippen LogP contribution < -0.4 is 5.32 Å². The highest BCUT2D eigenvalue weighted by molar-refractivity contribution is 6.05. The number of nitrogens with one attached hydrogen (secondary N) is 1. The summed E-state index contributed by atoms with van der Waals surface area (Å²) in [5.41, 5.74) is 6.14. The van der Waals surface area contributed by atoms with Crippen LogP contribution >= 0.6 is 0 Å². The molecule has 1 fully saturated rings. The second-order valence-corrected chi connectivity index (χ2v) is 9.58. The first-order valence-corrected chi connectivity index (χ1v) is 13.3. The number of carbonyl (C=O) groups excluding carboxylic acids is 1. The first-order chi connectivity index (χ1) is 18.6. The van der Waals surface area contributed by atoms with Crippen molar-refractivity contribution < 1.29 is 9.21 Å². The number of rotatable bonds is 11.